The van der Waals surface area contributed by atoms with Gasteiger partial charge in [-0.05, 0) is 55.3 Å². The van der Waals surface area contributed by atoms with Gasteiger partial charge in [0.15, 0.2) is 0 Å². The van der Waals surface area contributed by atoms with Crippen molar-refractivity contribution in [3.8, 4) is 0 Å². The molecule has 2 aromatic carbocycles. The van der Waals surface area contributed by atoms with Crippen LogP contribution in [0.1, 0.15) is 24.9 Å². The summed E-state index contributed by atoms with van der Waals surface area (Å²) >= 11 is 1.75. The Kier molecular flexibility index (Phi) is 5.27. The van der Waals surface area contributed by atoms with Gasteiger partial charge in [0.25, 0.3) is 0 Å². The quantitative estimate of drug-likeness (QED) is 0.391. The Morgan fingerprint density at radius 2 is 1.88 bits per heavy atom. The highest BCUT2D eigenvalue weighted by Gasteiger charge is 2.08. The molecule has 0 radical (unpaired) electrons. The van der Waals surface area contributed by atoms with Crippen LogP contribution in [-0.4, -0.2) is 27.4 Å². The van der Waals surface area contributed by atoms with Crippen molar-refractivity contribution in [3.63, 3.8) is 0 Å². The maximum Gasteiger partial charge on any atom is 0.323 e. The van der Waals surface area contributed by atoms with Gasteiger partial charge in [-0.2, -0.15) is 0 Å². The highest BCUT2D eigenvalue weighted by Crippen LogP contribution is 2.24. The summed E-state index contributed by atoms with van der Waals surface area (Å²) in [5.41, 5.74) is 3.62. The summed E-state index contributed by atoms with van der Waals surface area (Å²) < 4.78 is 0. The van der Waals surface area contributed by atoms with E-state index in [-0.39, 0.29) is 18.3 Å². The minimum atomic E-state index is -0.183. The van der Waals surface area contributed by atoms with E-state index in [9.17, 15) is 4.79 Å². The number of rotatable bonds is 7. The number of hydrogen-bond acceptors (Lipinski definition) is 4. The lowest BCUT2D eigenvalue weighted by molar-refractivity contribution is 0.296. The zero-order valence-corrected chi connectivity index (χ0v) is 14.3. The number of nitrogens with one attached hydrogen (secondary N) is 3. The van der Waals surface area contributed by atoms with Crippen molar-refractivity contribution in [3.05, 3.63) is 58.5 Å². The van der Waals surface area contributed by atoms with Gasteiger partial charge in [0.2, 0.25) is 0 Å². The molecule has 0 saturated heterocycles. The average molecular weight is 343 g/mol. The molecule has 24 heavy (non-hydrogen) atoms. The molecular formula is C18H21N3O2S. The van der Waals surface area contributed by atoms with Crippen LogP contribution >= 0.6 is 11.8 Å². The maximum atomic E-state index is 11.3. The van der Waals surface area contributed by atoms with E-state index in [0.717, 1.165) is 34.5 Å². The number of thioether (sulfide) groups is 1. The van der Waals surface area contributed by atoms with Gasteiger partial charge >= 0.3 is 5.69 Å². The monoisotopic (exact) mass is 343 g/mol. The Balaban J connectivity index is 1.66. The van der Waals surface area contributed by atoms with Crippen LogP contribution in [0.25, 0.3) is 11.0 Å². The van der Waals surface area contributed by atoms with Gasteiger partial charge in [-0.25, -0.2) is 4.79 Å². The molecule has 0 bridgehead atoms. The molecule has 1 aromatic heterocycles. The number of hydrogen-bond donors (Lipinski definition) is 4. The number of aromatic nitrogens is 2. The van der Waals surface area contributed by atoms with E-state index in [2.05, 4.69) is 46.5 Å². The first-order chi connectivity index (χ1) is 11.7. The fourth-order valence-electron chi connectivity index (χ4n) is 2.55. The Labute approximate surface area is 144 Å². The van der Waals surface area contributed by atoms with Crippen LogP contribution < -0.4 is 11.0 Å². The normalized spacial score (nSPS) is 12.4. The molecule has 1 unspecified atom stereocenters. The van der Waals surface area contributed by atoms with E-state index < -0.39 is 0 Å². The molecule has 0 aliphatic carbocycles. The summed E-state index contributed by atoms with van der Waals surface area (Å²) in [6.07, 6.45) is 0.811. The fourth-order valence-corrected chi connectivity index (χ4v) is 3.39. The lowest BCUT2D eigenvalue weighted by Gasteiger charge is -2.16. The molecular weight excluding hydrogens is 322 g/mol. The van der Waals surface area contributed by atoms with Crippen LogP contribution in [-0.2, 0) is 0 Å². The largest absolute Gasteiger partial charge is 0.396 e. The average Bonchev–Trinajstić information content (AvgIpc) is 2.95. The predicted molar refractivity (Wildman–Crippen MR) is 99.8 cm³/mol. The molecule has 5 nitrogen and oxygen atoms in total. The molecule has 0 fully saturated rings. The minimum absolute atomic E-state index is 0.126. The number of benzene rings is 2. The van der Waals surface area contributed by atoms with E-state index >= 15 is 0 Å². The molecule has 3 rings (SSSR count). The molecule has 0 amide bonds. The summed E-state index contributed by atoms with van der Waals surface area (Å²) in [4.78, 5) is 18.1. The molecule has 0 saturated carbocycles. The summed E-state index contributed by atoms with van der Waals surface area (Å²) in [6.45, 7) is 2.33. The van der Waals surface area contributed by atoms with Crippen LogP contribution in [0.5, 0.6) is 0 Å². The number of aliphatic hydroxyl groups excluding tert-OH is 1. The number of fused-ring (bicyclic) bond motifs is 1. The smallest absolute Gasteiger partial charge is 0.323 e. The zero-order valence-electron chi connectivity index (χ0n) is 13.5. The SMILES string of the molecule is CC(Nc1ccc(SCCCO)cc1)c1ccc2[nH]c(=O)[nH]c2c1. The summed E-state index contributed by atoms with van der Waals surface area (Å²) in [6, 6.07) is 14.4. The van der Waals surface area contributed by atoms with Crippen molar-refractivity contribution in [2.24, 2.45) is 0 Å². The third-order valence-corrected chi connectivity index (χ3v) is 4.95. The number of anilines is 1. The fraction of sp³-hybridized carbons (Fsp3) is 0.278. The first kappa shape index (κ1) is 16.7. The second-order valence-electron chi connectivity index (χ2n) is 5.70. The van der Waals surface area contributed by atoms with Crippen LogP contribution in [0, 0.1) is 0 Å². The van der Waals surface area contributed by atoms with Crippen molar-refractivity contribution in [2.75, 3.05) is 17.7 Å². The van der Waals surface area contributed by atoms with Gasteiger partial charge in [0.05, 0.1) is 11.0 Å². The zero-order chi connectivity index (χ0) is 16.9. The molecule has 126 valence electrons. The summed E-state index contributed by atoms with van der Waals surface area (Å²) in [5, 5.41) is 12.3. The Morgan fingerprint density at radius 3 is 2.62 bits per heavy atom. The summed E-state index contributed by atoms with van der Waals surface area (Å²) in [5.74, 6) is 0.925. The predicted octanol–water partition coefficient (Wildman–Crippen LogP) is 3.50. The van der Waals surface area contributed by atoms with E-state index in [1.54, 1.807) is 11.8 Å². The highest BCUT2D eigenvalue weighted by atomic mass is 32.2. The first-order valence-electron chi connectivity index (χ1n) is 7.98. The molecule has 0 spiro atoms. The molecule has 6 heteroatoms. The van der Waals surface area contributed by atoms with Crippen LogP contribution in [0.15, 0.2) is 52.2 Å². The van der Waals surface area contributed by atoms with Gasteiger partial charge in [0, 0.05) is 29.0 Å². The minimum Gasteiger partial charge on any atom is -0.396 e. The van der Waals surface area contributed by atoms with E-state index in [1.165, 1.54) is 4.90 Å². The van der Waals surface area contributed by atoms with Gasteiger partial charge in [-0.3, -0.25) is 0 Å². The van der Waals surface area contributed by atoms with Crippen LogP contribution in [0.4, 0.5) is 5.69 Å². The van der Waals surface area contributed by atoms with E-state index in [1.807, 2.05) is 18.2 Å². The van der Waals surface area contributed by atoms with E-state index in [0.29, 0.717) is 0 Å². The van der Waals surface area contributed by atoms with Crippen molar-refractivity contribution in [1.29, 1.82) is 0 Å². The lowest BCUT2D eigenvalue weighted by Crippen LogP contribution is -2.06. The van der Waals surface area contributed by atoms with Gasteiger partial charge < -0.3 is 20.4 Å². The molecule has 1 atom stereocenters. The topological polar surface area (TPSA) is 80.9 Å². The molecule has 1 heterocycles. The highest BCUT2D eigenvalue weighted by molar-refractivity contribution is 7.99. The second-order valence-corrected chi connectivity index (χ2v) is 6.87. The van der Waals surface area contributed by atoms with Crippen molar-refractivity contribution in [2.45, 2.75) is 24.3 Å². The van der Waals surface area contributed by atoms with E-state index in [4.69, 9.17) is 5.11 Å². The number of imidazole rings is 1. The third-order valence-electron chi connectivity index (χ3n) is 3.85. The lowest BCUT2D eigenvalue weighted by atomic mass is 10.1. The Morgan fingerprint density at radius 1 is 1.12 bits per heavy atom. The Hall–Kier alpha value is -2.18. The van der Waals surface area contributed by atoms with Crippen molar-refractivity contribution in [1.82, 2.24) is 9.97 Å². The van der Waals surface area contributed by atoms with Crippen LogP contribution in [0.2, 0.25) is 0 Å². The van der Waals surface area contributed by atoms with Gasteiger partial charge in [-0.15, -0.1) is 11.8 Å². The maximum absolute atomic E-state index is 11.3. The number of aliphatic hydroxyl groups is 1. The van der Waals surface area contributed by atoms with Gasteiger partial charge in [0.1, 0.15) is 0 Å². The number of aromatic amines is 2. The number of H-pyrrole nitrogens is 2. The molecule has 3 aromatic rings. The standard InChI is InChI=1S/C18H21N3O2S/c1-12(13-3-8-16-17(11-13)21-18(23)20-16)19-14-4-6-15(7-5-14)24-10-2-9-22/h3-8,11-12,19,22H,2,9-10H2,1H3,(H2,20,21,23). The molecule has 0 aliphatic rings. The van der Waals surface area contributed by atoms with Crippen molar-refractivity contribution < 1.29 is 5.11 Å². The first-order valence-corrected chi connectivity index (χ1v) is 8.96. The summed E-state index contributed by atoms with van der Waals surface area (Å²) in [7, 11) is 0. The molecule has 0 aliphatic heterocycles. The van der Waals surface area contributed by atoms with Gasteiger partial charge in [-0.1, -0.05) is 6.07 Å². The second kappa shape index (κ2) is 7.59. The van der Waals surface area contributed by atoms with Crippen molar-refractivity contribution >= 4 is 28.5 Å². The molecule has 4 N–H and O–H groups in total. The Bertz CT molecular complexity index is 855. The third kappa shape index (κ3) is 4.01. The van der Waals surface area contributed by atoms with Crippen LogP contribution in [0.3, 0.4) is 0 Å².